The molecule has 0 heterocycles. The lowest BCUT2D eigenvalue weighted by atomic mass is 10.1. The number of carbonyl (C=O) groups is 2. The van der Waals surface area contributed by atoms with E-state index in [9.17, 15) is 14.7 Å². The number of rotatable bonds is 42. The first kappa shape index (κ1) is 57.8. The van der Waals surface area contributed by atoms with E-state index in [1.807, 2.05) is 0 Å². The number of hydrogen-bond acceptors (Lipinski definition) is 5. The molecule has 0 spiro atoms. The Balaban J connectivity index is 3.69. The summed E-state index contributed by atoms with van der Waals surface area (Å²) in [6.45, 7) is 3.84. The van der Waals surface area contributed by atoms with Gasteiger partial charge in [-0.15, -0.1) is 0 Å². The van der Waals surface area contributed by atoms with Gasteiger partial charge in [-0.3, -0.25) is 9.59 Å². The number of allylic oxidation sites excluding steroid dienone is 24. The van der Waals surface area contributed by atoms with Crippen LogP contribution in [0.3, 0.4) is 0 Å². The van der Waals surface area contributed by atoms with Crippen LogP contribution in [0.5, 0.6) is 0 Å². The number of aliphatic hydroxyl groups excluding tert-OH is 1. The summed E-state index contributed by atoms with van der Waals surface area (Å²) in [5, 5.41) is 9.61. The number of esters is 2. The van der Waals surface area contributed by atoms with Crippen LogP contribution in [-0.4, -0.2) is 36.4 Å². The number of unbranched alkanes of at least 4 members (excludes halogenated alkanes) is 10. The van der Waals surface area contributed by atoms with Gasteiger partial charge in [-0.05, 0) is 109 Å². The number of carbonyl (C=O) groups excluding carboxylic acids is 2. The highest BCUT2D eigenvalue weighted by Gasteiger charge is 2.16. The number of hydrogen-bond donors (Lipinski definition) is 1. The second-order valence-electron chi connectivity index (χ2n) is 15.4. The standard InChI is InChI=1S/C57H88O5/c1-3-5-7-9-11-13-15-17-19-21-23-25-27-28-30-31-33-35-37-39-41-43-45-47-49-51-56(59)61-54-55(53-58)62-57(60)52-50-48-46-44-42-40-38-36-34-32-29-26-24-22-20-18-16-14-12-10-8-6-4-2/h5-8,11-14,17-20,23-26,28,30,32,34,38,40,44,46,55,58H,3-4,9-10,15-16,21-22,27,29,31,33,35-37,39,41-43,45,47-54H2,1-2H3/b7-5-,8-6-,13-11-,14-12-,19-17-,20-18-,25-23-,26-24-,30-28-,34-32-,40-38-,46-44-. The van der Waals surface area contributed by atoms with Crippen molar-refractivity contribution < 1.29 is 24.2 Å². The highest BCUT2D eigenvalue weighted by Crippen LogP contribution is 2.12. The van der Waals surface area contributed by atoms with Crippen molar-refractivity contribution in [3.05, 3.63) is 146 Å². The van der Waals surface area contributed by atoms with Gasteiger partial charge in [0, 0.05) is 12.8 Å². The average Bonchev–Trinajstić information content (AvgIpc) is 3.28. The van der Waals surface area contributed by atoms with Crippen LogP contribution in [0, 0.1) is 0 Å². The van der Waals surface area contributed by atoms with Crippen molar-refractivity contribution >= 4 is 11.9 Å². The fourth-order valence-electron chi connectivity index (χ4n) is 6.04. The smallest absolute Gasteiger partial charge is 0.306 e. The highest BCUT2D eigenvalue weighted by atomic mass is 16.6. The summed E-state index contributed by atoms with van der Waals surface area (Å²) in [7, 11) is 0. The van der Waals surface area contributed by atoms with Crippen molar-refractivity contribution in [1.82, 2.24) is 0 Å². The summed E-state index contributed by atoms with van der Waals surface area (Å²) in [6.07, 6.45) is 77.9. The zero-order chi connectivity index (χ0) is 44.9. The Morgan fingerprint density at radius 3 is 1.02 bits per heavy atom. The van der Waals surface area contributed by atoms with Crippen LogP contribution in [0.1, 0.15) is 181 Å². The molecule has 1 unspecified atom stereocenters. The molecule has 1 atom stereocenters. The molecule has 0 aliphatic heterocycles. The second-order valence-corrected chi connectivity index (χ2v) is 15.4. The van der Waals surface area contributed by atoms with Crippen molar-refractivity contribution in [1.29, 1.82) is 0 Å². The quantitative estimate of drug-likeness (QED) is 0.0376. The SMILES string of the molecule is CC/C=C\C/C=C\C/C=C\C/C=C\C/C=C\C/C=C\C/C=C\CCCC(=O)OC(CO)COC(=O)CCCCCCCCCCC/C=C\C/C=C\C/C=C\C/C=C\C/C=C\CC. The summed E-state index contributed by atoms with van der Waals surface area (Å²) in [4.78, 5) is 24.4. The first-order valence-corrected chi connectivity index (χ1v) is 24.4. The van der Waals surface area contributed by atoms with Crippen LogP contribution >= 0.6 is 0 Å². The maximum Gasteiger partial charge on any atom is 0.306 e. The van der Waals surface area contributed by atoms with E-state index in [1.165, 1.54) is 38.5 Å². The van der Waals surface area contributed by atoms with Crippen LogP contribution in [0.4, 0.5) is 0 Å². The van der Waals surface area contributed by atoms with Gasteiger partial charge in [0.1, 0.15) is 6.61 Å². The van der Waals surface area contributed by atoms with Gasteiger partial charge in [-0.2, -0.15) is 0 Å². The normalized spacial score (nSPS) is 13.5. The van der Waals surface area contributed by atoms with E-state index >= 15 is 0 Å². The number of aliphatic hydroxyl groups is 1. The molecule has 0 rings (SSSR count). The molecule has 1 N–H and O–H groups in total. The monoisotopic (exact) mass is 853 g/mol. The molecule has 0 saturated carbocycles. The number of ether oxygens (including phenoxy) is 2. The molecule has 0 fully saturated rings. The van der Waals surface area contributed by atoms with Gasteiger partial charge in [-0.25, -0.2) is 0 Å². The molecule has 346 valence electrons. The Morgan fingerprint density at radius 1 is 0.371 bits per heavy atom. The van der Waals surface area contributed by atoms with Crippen molar-refractivity contribution in [2.75, 3.05) is 13.2 Å². The summed E-state index contributed by atoms with van der Waals surface area (Å²) >= 11 is 0. The van der Waals surface area contributed by atoms with Crippen molar-refractivity contribution in [2.24, 2.45) is 0 Å². The predicted molar refractivity (Wildman–Crippen MR) is 269 cm³/mol. The third-order valence-corrected chi connectivity index (χ3v) is 9.63. The molecule has 0 bridgehead atoms. The van der Waals surface area contributed by atoms with Gasteiger partial charge in [0.15, 0.2) is 6.10 Å². The maximum atomic E-state index is 12.2. The molecule has 0 radical (unpaired) electrons. The van der Waals surface area contributed by atoms with Crippen molar-refractivity contribution in [3.63, 3.8) is 0 Å². The van der Waals surface area contributed by atoms with E-state index in [2.05, 4.69) is 160 Å². The Labute approximate surface area is 380 Å². The minimum Gasteiger partial charge on any atom is -0.462 e. The largest absolute Gasteiger partial charge is 0.462 e. The molecule has 0 saturated heterocycles. The summed E-state index contributed by atoms with van der Waals surface area (Å²) < 4.78 is 10.6. The lowest BCUT2D eigenvalue weighted by molar-refractivity contribution is -0.161. The van der Waals surface area contributed by atoms with Crippen LogP contribution in [0.25, 0.3) is 0 Å². The minimum absolute atomic E-state index is 0.103. The molecule has 0 aromatic rings. The molecule has 5 heteroatoms. The van der Waals surface area contributed by atoms with Crippen molar-refractivity contribution in [2.45, 2.75) is 187 Å². The molecule has 0 aliphatic rings. The lowest BCUT2D eigenvalue weighted by Gasteiger charge is -2.15. The maximum absolute atomic E-state index is 12.2. The molecular formula is C57H88O5. The lowest BCUT2D eigenvalue weighted by Crippen LogP contribution is -2.28. The third kappa shape index (κ3) is 48.4. The minimum atomic E-state index is -0.817. The third-order valence-electron chi connectivity index (χ3n) is 9.63. The first-order valence-electron chi connectivity index (χ1n) is 24.4. The molecule has 5 nitrogen and oxygen atoms in total. The topological polar surface area (TPSA) is 72.8 Å². The first-order chi connectivity index (χ1) is 30.6. The predicted octanol–water partition coefficient (Wildman–Crippen LogP) is 16.3. The van der Waals surface area contributed by atoms with E-state index in [-0.39, 0.29) is 31.6 Å². The Hall–Kier alpha value is -4.22. The van der Waals surface area contributed by atoms with E-state index in [1.54, 1.807) is 0 Å². The Kier molecular flexibility index (Phi) is 47.7. The van der Waals surface area contributed by atoms with E-state index < -0.39 is 6.10 Å². The molecular weight excluding hydrogens is 765 g/mol. The van der Waals surface area contributed by atoms with Crippen LogP contribution in [0.15, 0.2) is 146 Å². The molecule has 0 aliphatic carbocycles. The van der Waals surface area contributed by atoms with Gasteiger partial charge in [-0.1, -0.05) is 205 Å². The fraction of sp³-hybridized carbons (Fsp3) is 0.544. The summed E-state index contributed by atoms with van der Waals surface area (Å²) in [5.41, 5.74) is 0. The van der Waals surface area contributed by atoms with Gasteiger partial charge >= 0.3 is 11.9 Å². The second kappa shape index (κ2) is 51.1. The molecule has 0 aromatic carbocycles. The zero-order valence-corrected chi connectivity index (χ0v) is 39.3. The molecule has 0 aromatic heterocycles. The Morgan fingerprint density at radius 2 is 0.661 bits per heavy atom. The van der Waals surface area contributed by atoms with Crippen LogP contribution < -0.4 is 0 Å². The zero-order valence-electron chi connectivity index (χ0n) is 39.3. The Bertz CT molecular complexity index is 1380. The van der Waals surface area contributed by atoms with Gasteiger partial charge in [0.05, 0.1) is 6.61 Å². The van der Waals surface area contributed by atoms with Crippen molar-refractivity contribution in [3.8, 4) is 0 Å². The van der Waals surface area contributed by atoms with Gasteiger partial charge in [0.2, 0.25) is 0 Å². The molecule has 0 amide bonds. The molecule has 62 heavy (non-hydrogen) atoms. The average molecular weight is 853 g/mol. The summed E-state index contributed by atoms with van der Waals surface area (Å²) in [6, 6.07) is 0. The fourth-order valence-corrected chi connectivity index (χ4v) is 6.04. The summed E-state index contributed by atoms with van der Waals surface area (Å²) in [5.74, 6) is -0.681. The van der Waals surface area contributed by atoms with Gasteiger partial charge in [0.25, 0.3) is 0 Å². The van der Waals surface area contributed by atoms with Crippen LogP contribution in [0.2, 0.25) is 0 Å². The highest BCUT2D eigenvalue weighted by molar-refractivity contribution is 5.70. The van der Waals surface area contributed by atoms with Gasteiger partial charge < -0.3 is 14.6 Å². The van der Waals surface area contributed by atoms with E-state index in [0.717, 1.165) is 109 Å². The van der Waals surface area contributed by atoms with Crippen LogP contribution in [-0.2, 0) is 19.1 Å². The van der Waals surface area contributed by atoms with E-state index in [4.69, 9.17) is 9.47 Å². The van der Waals surface area contributed by atoms with E-state index in [0.29, 0.717) is 12.8 Å².